The van der Waals surface area contributed by atoms with Gasteiger partial charge >= 0.3 is 6.09 Å². The molecule has 1 atom stereocenters. The van der Waals surface area contributed by atoms with Crippen molar-refractivity contribution in [2.75, 3.05) is 6.61 Å². The van der Waals surface area contributed by atoms with Gasteiger partial charge in [0.1, 0.15) is 6.61 Å². The highest BCUT2D eigenvalue weighted by molar-refractivity contribution is 6.31. The monoisotopic (exact) mass is 271 g/mol. The lowest BCUT2D eigenvalue weighted by Crippen LogP contribution is -2.42. The Morgan fingerprint density at radius 3 is 2.67 bits per heavy atom. The third-order valence-corrected chi connectivity index (χ3v) is 3.99. The predicted molar refractivity (Wildman–Crippen MR) is 74.7 cm³/mol. The summed E-state index contributed by atoms with van der Waals surface area (Å²) in [5, 5.41) is 3.74. The van der Waals surface area contributed by atoms with Crippen molar-refractivity contribution in [2.24, 2.45) is 0 Å². The molecule has 0 spiro atoms. The molecule has 0 bridgehead atoms. The molecule has 0 aromatic rings. The molecule has 0 aromatic carbocycles. The number of nitrogens with one attached hydrogen (secondary N) is 1. The number of carbonyl (C=O) groups is 1. The molecule has 4 heteroatoms. The van der Waals surface area contributed by atoms with E-state index in [0.717, 1.165) is 36.3 Å². The molecule has 3 nitrogen and oxygen atoms in total. The summed E-state index contributed by atoms with van der Waals surface area (Å²) in [5.41, 5.74) is 0.980. The van der Waals surface area contributed by atoms with Crippen LogP contribution >= 0.6 is 11.6 Å². The molecule has 18 heavy (non-hydrogen) atoms. The maximum Gasteiger partial charge on any atom is 0.407 e. The van der Waals surface area contributed by atoms with Gasteiger partial charge in [-0.25, -0.2) is 4.79 Å². The highest BCUT2D eigenvalue weighted by Gasteiger charge is 2.37. The number of allylic oxidation sites excluding steroid dienone is 4. The summed E-state index contributed by atoms with van der Waals surface area (Å²) < 4.78 is 5.01. The number of rotatable bonds is 6. The molecule has 1 aliphatic heterocycles. The van der Waals surface area contributed by atoms with E-state index in [-0.39, 0.29) is 11.6 Å². The number of halogens is 1. The molecule has 1 amide bonds. The van der Waals surface area contributed by atoms with Crippen LogP contribution in [-0.2, 0) is 4.74 Å². The molecular weight excluding hydrogens is 250 g/mol. The summed E-state index contributed by atoms with van der Waals surface area (Å²) in [4.78, 5) is 11.2. The number of amides is 1. The molecular formula is C14H22ClNO2. The van der Waals surface area contributed by atoms with Gasteiger partial charge in [0.25, 0.3) is 0 Å². The van der Waals surface area contributed by atoms with Crippen LogP contribution in [0.25, 0.3) is 0 Å². The van der Waals surface area contributed by atoms with Crippen molar-refractivity contribution in [3.63, 3.8) is 0 Å². The van der Waals surface area contributed by atoms with Crippen LogP contribution in [-0.4, -0.2) is 18.2 Å². The van der Waals surface area contributed by atoms with E-state index in [1.165, 1.54) is 0 Å². The lowest BCUT2D eigenvalue weighted by atomic mass is 9.90. The summed E-state index contributed by atoms with van der Waals surface area (Å²) in [6.45, 7) is 6.48. The van der Waals surface area contributed by atoms with Gasteiger partial charge in [0.2, 0.25) is 0 Å². The molecule has 102 valence electrons. The van der Waals surface area contributed by atoms with Crippen molar-refractivity contribution in [1.82, 2.24) is 5.32 Å². The lowest BCUT2D eigenvalue weighted by molar-refractivity contribution is 0.170. The second kappa shape index (κ2) is 6.83. The normalized spacial score (nSPS) is 25.0. The van der Waals surface area contributed by atoms with E-state index < -0.39 is 0 Å². The van der Waals surface area contributed by atoms with E-state index in [1.54, 1.807) is 0 Å². The number of ether oxygens (including phenoxy) is 1. The van der Waals surface area contributed by atoms with E-state index in [4.69, 9.17) is 16.3 Å². The molecule has 1 N–H and O–H groups in total. The van der Waals surface area contributed by atoms with E-state index in [2.05, 4.69) is 12.2 Å². The number of hydrogen-bond acceptors (Lipinski definition) is 2. The van der Waals surface area contributed by atoms with Gasteiger partial charge in [0.15, 0.2) is 0 Å². The Labute approximate surface area is 114 Å². The van der Waals surface area contributed by atoms with Crippen molar-refractivity contribution in [3.8, 4) is 0 Å². The van der Waals surface area contributed by atoms with Gasteiger partial charge in [-0.05, 0) is 45.1 Å². The van der Waals surface area contributed by atoms with Crippen molar-refractivity contribution in [2.45, 2.75) is 52.0 Å². The van der Waals surface area contributed by atoms with Gasteiger partial charge in [-0.3, -0.25) is 0 Å². The summed E-state index contributed by atoms with van der Waals surface area (Å²) in [6.07, 6.45) is 7.38. The van der Waals surface area contributed by atoms with Crippen LogP contribution in [0.1, 0.15) is 46.5 Å². The van der Waals surface area contributed by atoms with Crippen LogP contribution < -0.4 is 5.32 Å². The predicted octanol–water partition coefficient (Wildman–Crippen LogP) is 4.13. The summed E-state index contributed by atoms with van der Waals surface area (Å²) in [6, 6.07) is 0. The zero-order chi connectivity index (χ0) is 13.6. The zero-order valence-corrected chi connectivity index (χ0v) is 12.1. The molecule has 1 saturated heterocycles. The molecule has 1 rings (SSSR count). The third-order valence-electron chi connectivity index (χ3n) is 3.53. The van der Waals surface area contributed by atoms with Gasteiger partial charge in [-0.1, -0.05) is 30.7 Å². The molecule has 0 aliphatic carbocycles. The van der Waals surface area contributed by atoms with Crippen LogP contribution in [0.15, 0.2) is 22.8 Å². The molecule has 1 unspecified atom stereocenters. The standard InChI is InChI=1S/C14H22ClNO2/c1-4-11(12(15)5-2)8-7-9-14(6-3)10-18-13(17)16-14/h4-5H,6-10H2,1-3H3,(H,16,17)/b11-4-,12-5+. The Hall–Kier alpha value is -0.960. The fraction of sp³-hybridized carbons (Fsp3) is 0.643. The van der Waals surface area contributed by atoms with Crippen LogP contribution in [0.5, 0.6) is 0 Å². The SMILES string of the molecule is C/C=C(CCCC1(CC)COC(=O)N1)\C(Cl)=C/C. The minimum atomic E-state index is -0.297. The van der Waals surface area contributed by atoms with Gasteiger partial charge in [-0.2, -0.15) is 0 Å². The molecule has 0 aromatic heterocycles. The minimum Gasteiger partial charge on any atom is -0.447 e. The quantitative estimate of drug-likeness (QED) is 0.738. The summed E-state index contributed by atoms with van der Waals surface area (Å²) >= 11 is 6.12. The average molecular weight is 272 g/mol. The fourth-order valence-electron chi connectivity index (χ4n) is 2.20. The molecule has 1 fully saturated rings. The van der Waals surface area contributed by atoms with Gasteiger partial charge < -0.3 is 10.1 Å². The molecule has 0 radical (unpaired) electrons. The first-order valence-electron chi connectivity index (χ1n) is 6.49. The van der Waals surface area contributed by atoms with E-state index in [9.17, 15) is 4.79 Å². The zero-order valence-electron chi connectivity index (χ0n) is 11.4. The second-order valence-corrected chi connectivity index (χ2v) is 5.05. The number of hydrogen-bond donors (Lipinski definition) is 1. The highest BCUT2D eigenvalue weighted by atomic mass is 35.5. The Bertz CT molecular complexity index is 363. The minimum absolute atomic E-state index is 0.182. The Kier molecular flexibility index (Phi) is 5.73. The highest BCUT2D eigenvalue weighted by Crippen LogP contribution is 2.27. The summed E-state index contributed by atoms with van der Waals surface area (Å²) in [5.74, 6) is 0. The maximum atomic E-state index is 11.2. The van der Waals surface area contributed by atoms with Gasteiger partial charge in [0, 0.05) is 5.03 Å². The lowest BCUT2D eigenvalue weighted by Gasteiger charge is -2.24. The Morgan fingerprint density at radius 1 is 1.50 bits per heavy atom. The summed E-state index contributed by atoms with van der Waals surface area (Å²) in [7, 11) is 0. The Balaban J connectivity index is 2.48. The molecule has 1 aliphatic rings. The van der Waals surface area contributed by atoms with Crippen LogP contribution in [0.2, 0.25) is 0 Å². The first-order valence-corrected chi connectivity index (χ1v) is 6.87. The van der Waals surface area contributed by atoms with Crippen LogP contribution in [0, 0.1) is 0 Å². The fourth-order valence-corrected chi connectivity index (χ4v) is 2.40. The van der Waals surface area contributed by atoms with Gasteiger partial charge in [0.05, 0.1) is 5.54 Å². The van der Waals surface area contributed by atoms with E-state index >= 15 is 0 Å². The van der Waals surface area contributed by atoms with Crippen molar-refractivity contribution < 1.29 is 9.53 Å². The first kappa shape index (κ1) is 15.1. The molecule has 0 saturated carbocycles. The van der Waals surface area contributed by atoms with Crippen LogP contribution in [0.3, 0.4) is 0 Å². The number of cyclic esters (lactones) is 1. The van der Waals surface area contributed by atoms with E-state index in [0.29, 0.717) is 6.61 Å². The maximum absolute atomic E-state index is 11.2. The largest absolute Gasteiger partial charge is 0.447 e. The number of carbonyl (C=O) groups excluding carboxylic acids is 1. The van der Waals surface area contributed by atoms with Crippen molar-refractivity contribution >= 4 is 17.7 Å². The Morgan fingerprint density at radius 2 is 2.22 bits per heavy atom. The van der Waals surface area contributed by atoms with Crippen molar-refractivity contribution in [1.29, 1.82) is 0 Å². The second-order valence-electron chi connectivity index (χ2n) is 4.64. The molecule has 1 heterocycles. The average Bonchev–Trinajstić information content (AvgIpc) is 2.76. The first-order chi connectivity index (χ1) is 8.56. The van der Waals surface area contributed by atoms with Gasteiger partial charge in [-0.15, -0.1) is 0 Å². The third kappa shape index (κ3) is 3.77. The van der Waals surface area contributed by atoms with Crippen molar-refractivity contribution in [3.05, 3.63) is 22.8 Å². The van der Waals surface area contributed by atoms with E-state index in [1.807, 2.05) is 26.0 Å². The topological polar surface area (TPSA) is 38.3 Å². The smallest absolute Gasteiger partial charge is 0.407 e. The van der Waals surface area contributed by atoms with Crippen LogP contribution in [0.4, 0.5) is 4.79 Å². The number of alkyl carbamates (subject to hydrolysis) is 1.